The highest BCUT2D eigenvalue weighted by Crippen LogP contribution is 2.28. The van der Waals surface area contributed by atoms with Gasteiger partial charge in [-0.05, 0) is 37.3 Å². The first-order chi connectivity index (χ1) is 9.04. The zero-order valence-corrected chi connectivity index (χ0v) is 11.5. The lowest BCUT2D eigenvalue weighted by molar-refractivity contribution is 0.509. The molecule has 0 radical (unpaired) electrons. The summed E-state index contributed by atoms with van der Waals surface area (Å²) in [5, 5.41) is 5.94. The van der Waals surface area contributed by atoms with Crippen molar-refractivity contribution < 1.29 is 4.42 Å². The molecule has 1 unspecified atom stereocenters. The summed E-state index contributed by atoms with van der Waals surface area (Å²) >= 11 is 5.97. The zero-order chi connectivity index (χ0) is 13.6. The van der Waals surface area contributed by atoms with Crippen molar-refractivity contribution in [3.05, 3.63) is 52.5 Å². The van der Waals surface area contributed by atoms with Crippen LogP contribution in [0.4, 0.5) is 0 Å². The Labute approximate surface area is 115 Å². The summed E-state index contributed by atoms with van der Waals surface area (Å²) in [4.78, 5) is 0. The van der Waals surface area contributed by atoms with Crippen LogP contribution in [0.1, 0.15) is 23.2 Å². The van der Waals surface area contributed by atoms with E-state index in [4.69, 9.17) is 21.8 Å². The molecule has 19 heavy (non-hydrogen) atoms. The third-order valence-electron chi connectivity index (χ3n) is 3.16. The Morgan fingerprint density at radius 1 is 1.32 bits per heavy atom. The number of aromatic nitrogens is 2. The minimum Gasteiger partial charge on any atom is -0.459 e. The minimum atomic E-state index is -0.336. The molecule has 0 aliphatic heterocycles. The number of aryl methyl sites for hydroxylation is 2. The van der Waals surface area contributed by atoms with Gasteiger partial charge in [-0.1, -0.05) is 11.6 Å². The van der Waals surface area contributed by atoms with Crippen LogP contribution in [0.15, 0.2) is 34.7 Å². The van der Waals surface area contributed by atoms with Crippen molar-refractivity contribution in [3.63, 3.8) is 0 Å². The number of furan rings is 1. The maximum Gasteiger partial charge on any atom is 0.134 e. The molecule has 0 bridgehead atoms. The number of hydrogen-bond donors (Lipinski definition) is 1. The molecular formula is C14H14ClN3O. The normalized spacial score (nSPS) is 13.1. The maximum absolute atomic E-state index is 6.24. The third kappa shape index (κ3) is 2.13. The molecule has 2 N–H and O–H groups in total. The number of nitrogens with two attached hydrogens (primary N) is 1. The molecule has 3 rings (SSSR count). The molecule has 2 heterocycles. The smallest absolute Gasteiger partial charge is 0.134 e. The Morgan fingerprint density at radius 2 is 2.11 bits per heavy atom. The van der Waals surface area contributed by atoms with Crippen molar-refractivity contribution in [2.75, 3.05) is 0 Å². The zero-order valence-electron chi connectivity index (χ0n) is 10.7. The van der Waals surface area contributed by atoms with Crippen molar-refractivity contribution >= 4 is 22.6 Å². The molecule has 1 aromatic carbocycles. The molecule has 0 saturated heterocycles. The molecule has 5 heteroatoms. The van der Waals surface area contributed by atoms with Gasteiger partial charge in [-0.3, -0.25) is 4.68 Å². The number of rotatable bonds is 2. The van der Waals surface area contributed by atoms with Crippen LogP contribution in [-0.4, -0.2) is 9.78 Å². The minimum absolute atomic E-state index is 0.336. The highest BCUT2D eigenvalue weighted by Gasteiger charge is 2.18. The Balaban J connectivity index is 2.06. The van der Waals surface area contributed by atoms with Gasteiger partial charge in [-0.15, -0.1) is 0 Å². The van der Waals surface area contributed by atoms with Crippen LogP contribution >= 0.6 is 11.6 Å². The van der Waals surface area contributed by atoms with Crippen LogP contribution in [0, 0.1) is 6.92 Å². The summed E-state index contributed by atoms with van der Waals surface area (Å²) in [5.41, 5.74) is 8.89. The van der Waals surface area contributed by atoms with Crippen molar-refractivity contribution in [2.45, 2.75) is 13.0 Å². The van der Waals surface area contributed by atoms with Crippen LogP contribution in [0.25, 0.3) is 11.0 Å². The summed E-state index contributed by atoms with van der Waals surface area (Å²) in [6.45, 7) is 1.94. The second-order valence-corrected chi connectivity index (χ2v) is 5.08. The van der Waals surface area contributed by atoms with E-state index in [1.165, 1.54) is 0 Å². The van der Waals surface area contributed by atoms with Crippen molar-refractivity contribution in [1.29, 1.82) is 0 Å². The van der Waals surface area contributed by atoms with Crippen LogP contribution in [0.3, 0.4) is 0 Å². The van der Waals surface area contributed by atoms with Gasteiger partial charge in [0.25, 0.3) is 0 Å². The lowest BCUT2D eigenvalue weighted by Gasteiger charge is -2.08. The van der Waals surface area contributed by atoms with Gasteiger partial charge < -0.3 is 10.2 Å². The Bertz CT molecular complexity index is 744. The molecule has 0 saturated carbocycles. The fraction of sp³-hybridized carbons (Fsp3) is 0.214. The Kier molecular flexibility index (Phi) is 2.84. The van der Waals surface area contributed by atoms with Gasteiger partial charge in [0.1, 0.15) is 17.4 Å². The maximum atomic E-state index is 6.24. The van der Waals surface area contributed by atoms with E-state index >= 15 is 0 Å². The molecule has 3 aromatic rings. The Morgan fingerprint density at radius 3 is 2.79 bits per heavy atom. The molecule has 0 spiro atoms. The first-order valence-electron chi connectivity index (χ1n) is 6.00. The number of halogens is 1. The van der Waals surface area contributed by atoms with E-state index in [-0.39, 0.29) is 6.04 Å². The van der Waals surface area contributed by atoms with Gasteiger partial charge >= 0.3 is 0 Å². The monoisotopic (exact) mass is 275 g/mol. The van der Waals surface area contributed by atoms with Crippen LogP contribution < -0.4 is 5.73 Å². The van der Waals surface area contributed by atoms with Crippen molar-refractivity contribution in [2.24, 2.45) is 12.8 Å². The molecular weight excluding hydrogens is 262 g/mol. The topological polar surface area (TPSA) is 57.0 Å². The average Bonchev–Trinajstić information content (AvgIpc) is 2.91. The van der Waals surface area contributed by atoms with E-state index in [0.29, 0.717) is 10.8 Å². The second-order valence-electron chi connectivity index (χ2n) is 4.64. The fourth-order valence-corrected chi connectivity index (χ4v) is 2.44. The summed E-state index contributed by atoms with van der Waals surface area (Å²) < 4.78 is 7.56. The molecule has 0 aliphatic carbocycles. The molecule has 2 aromatic heterocycles. The number of benzene rings is 1. The third-order valence-corrected chi connectivity index (χ3v) is 3.40. The van der Waals surface area contributed by atoms with E-state index < -0.39 is 0 Å². The van der Waals surface area contributed by atoms with Crippen molar-refractivity contribution in [3.8, 4) is 0 Å². The fourth-order valence-electron chi connectivity index (χ4n) is 2.26. The standard InChI is InChI=1S/C14H14ClN3O/c1-8-5-11(18(2)17-8)14(16)13-7-9-6-10(15)3-4-12(9)19-13/h3-7,14H,16H2,1-2H3. The lowest BCUT2D eigenvalue weighted by Crippen LogP contribution is -2.15. The number of hydrogen-bond acceptors (Lipinski definition) is 3. The van der Waals surface area contributed by atoms with Crippen LogP contribution in [-0.2, 0) is 7.05 Å². The van der Waals surface area contributed by atoms with E-state index in [2.05, 4.69) is 5.10 Å². The predicted octanol–water partition coefficient (Wildman–Crippen LogP) is 3.18. The molecule has 1 atom stereocenters. The molecule has 0 fully saturated rings. The van der Waals surface area contributed by atoms with E-state index in [0.717, 1.165) is 22.4 Å². The summed E-state index contributed by atoms with van der Waals surface area (Å²) in [6.07, 6.45) is 0. The largest absolute Gasteiger partial charge is 0.459 e. The summed E-state index contributed by atoms with van der Waals surface area (Å²) in [5.74, 6) is 0.709. The molecule has 0 aliphatic rings. The number of nitrogens with zero attached hydrogens (tertiary/aromatic N) is 2. The first kappa shape index (κ1) is 12.3. The van der Waals surface area contributed by atoms with Gasteiger partial charge in [-0.25, -0.2) is 0 Å². The summed E-state index contributed by atoms with van der Waals surface area (Å²) in [7, 11) is 1.88. The highest BCUT2D eigenvalue weighted by atomic mass is 35.5. The van der Waals surface area contributed by atoms with Gasteiger partial charge in [0.15, 0.2) is 0 Å². The average molecular weight is 276 g/mol. The van der Waals surface area contributed by atoms with E-state index in [1.54, 1.807) is 10.7 Å². The van der Waals surface area contributed by atoms with E-state index in [1.807, 2.05) is 38.2 Å². The number of fused-ring (bicyclic) bond motifs is 1. The molecule has 98 valence electrons. The summed E-state index contributed by atoms with van der Waals surface area (Å²) in [6, 6.07) is 9.07. The lowest BCUT2D eigenvalue weighted by atomic mass is 10.1. The second kappa shape index (κ2) is 4.40. The highest BCUT2D eigenvalue weighted by molar-refractivity contribution is 6.31. The van der Waals surface area contributed by atoms with Gasteiger partial charge in [0, 0.05) is 17.5 Å². The first-order valence-corrected chi connectivity index (χ1v) is 6.37. The quantitative estimate of drug-likeness (QED) is 0.781. The predicted molar refractivity (Wildman–Crippen MR) is 75.2 cm³/mol. The van der Waals surface area contributed by atoms with Gasteiger partial charge in [-0.2, -0.15) is 5.10 Å². The SMILES string of the molecule is Cc1cc(C(N)c2cc3cc(Cl)ccc3o2)n(C)n1. The van der Waals surface area contributed by atoms with Gasteiger partial charge in [0.2, 0.25) is 0 Å². The molecule has 4 nitrogen and oxygen atoms in total. The van der Waals surface area contributed by atoms with Gasteiger partial charge in [0.05, 0.1) is 11.4 Å². The van der Waals surface area contributed by atoms with Crippen molar-refractivity contribution in [1.82, 2.24) is 9.78 Å². The molecule has 0 amide bonds. The van der Waals surface area contributed by atoms with E-state index in [9.17, 15) is 0 Å². The Hall–Kier alpha value is -1.78. The van der Waals surface area contributed by atoms with Crippen LogP contribution in [0.5, 0.6) is 0 Å². The van der Waals surface area contributed by atoms with Crippen LogP contribution in [0.2, 0.25) is 5.02 Å².